The van der Waals surface area contributed by atoms with Crippen LogP contribution in [0.1, 0.15) is 45.2 Å². The Morgan fingerprint density at radius 2 is 2.06 bits per heavy atom. The van der Waals surface area contributed by atoms with Gasteiger partial charge in [-0.1, -0.05) is 20.8 Å². The summed E-state index contributed by atoms with van der Waals surface area (Å²) in [6.07, 6.45) is 2.18. The number of nitrogens with one attached hydrogen (secondary N) is 1. The highest BCUT2D eigenvalue weighted by molar-refractivity contribution is 9.12. The average molecular weight is 370 g/mol. The molecule has 1 aromatic rings. The topological polar surface area (TPSA) is 38.0 Å². The van der Waals surface area contributed by atoms with Crippen LogP contribution in [0.25, 0.3) is 0 Å². The van der Waals surface area contributed by atoms with Gasteiger partial charge in [-0.2, -0.15) is 0 Å². The van der Waals surface area contributed by atoms with E-state index >= 15 is 0 Å². The van der Waals surface area contributed by atoms with E-state index in [2.05, 4.69) is 64.1 Å². The van der Waals surface area contributed by atoms with E-state index in [1.807, 2.05) is 0 Å². The third-order valence-electron chi connectivity index (χ3n) is 2.44. The molecule has 16 heavy (non-hydrogen) atoms. The third-order valence-corrected chi connectivity index (χ3v) is 4.83. The van der Waals surface area contributed by atoms with Gasteiger partial charge in [0, 0.05) is 6.04 Å². The van der Waals surface area contributed by atoms with Gasteiger partial charge in [0.2, 0.25) is 0 Å². The lowest BCUT2D eigenvalue weighted by Gasteiger charge is -2.22. The van der Waals surface area contributed by atoms with Crippen LogP contribution in [-0.2, 0) is 0 Å². The number of rotatable bonds is 4. The Kier molecular flexibility index (Phi) is 5.45. The van der Waals surface area contributed by atoms with Crippen molar-refractivity contribution in [2.24, 2.45) is 11.3 Å². The highest BCUT2D eigenvalue weighted by Gasteiger charge is 2.19. The van der Waals surface area contributed by atoms with Crippen molar-refractivity contribution < 1.29 is 0 Å². The third kappa shape index (κ3) is 4.45. The first kappa shape index (κ1) is 14.6. The van der Waals surface area contributed by atoms with E-state index in [0.29, 0.717) is 5.41 Å². The Hall–Kier alpha value is 0.580. The van der Waals surface area contributed by atoms with Crippen LogP contribution < -0.4 is 11.3 Å². The fourth-order valence-electron chi connectivity index (χ4n) is 1.50. The molecular weight excluding hydrogens is 352 g/mol. The highest BCUT2D eigenvalue weighted by atomic mass is 79.9. The predicted octanol–water partition coefficient (Wildman–Crippen LogP) is 4.60. The number of nitrogens with two attached hydrogens (primary N) is 1. The van der Waals surface area contributed by atoms with Gasteiger partial charge in [-0.15, -0.1) is 11.3 Å². The Bertz CT molecular complexity index is 344. The number of halogens is 2. The molecule has 0 bridgehead atoms. The maximum Gasteiger partial charge on any atom is 0.0758 e. The van der Waals surface area contributed by atoms with Crippen LogP contribution in [0.15, 0.2) is 13.6 Å². The summed E-state index contributed by atoms with van der Waals surface area (Å²) in [5.74, 6) is 5.63. The molecule has 3 N–H and O–H groups in total. The summed E-state index contributed by atoms with van der Waals surface area (Å²) >= 11 is 8.75. The van der Waals surface area contributed by atoms with Gasteiger partial charge in [0.05, 0.1) is 7.57 Å². The zero-order valence-corrected chi connectivity index (χ0v) is 13.8. The smallest absolute Gasteiger partial charge is 0.0758 e. The molecule has 1 rings (SSSR count). The Morgan fingerprint density at radius 3 is 2.44 bits per heavy atom. The lowest BCUT2D eigenvalue weighted by Crippen LogP contribution is -2.28. The van der Waals surface area contributed by atoms with Crippen LogP contribution in [0.2, 0.25) is 0 Å². The van der Waals surface area contributed by atoms with Crippen molar-refractivity contribution in [2.75, 3.05) is 0 Å². The van der Waals surface area contributed by atoms with E-state index in [1.165, 1.54) is 5.56 Å². The summed E-state index contributed by atoms with van der Waals surface area (Å²) in [6.45, 7) is 6.75. The largest absolute Gasteiger partial charge is 0.271 e. The second kappa shape index (κ2) is 5.96. The summed E-state index contributed by atoms with van der Waals surface area (Å²) in [4.78, 5) is 0. The summed E-state index contributed by atoms with van der Waals surface area (Å²) in [7, 11) is 0. The Balaban J connectivity index is 2.71. The lowest BCUT2D eigenvalue weighted by atomic mass is 9.88. The van der Waals surface area contributed by atoms with Crippen molar-refractivity contribution >= 4 is 43.2 Å². The molecular formula is C11H18Br2N2S. The molecule has 1 unspecified atom stereocenters. The van der Waals surface area contributed by atoms with Crippen LogP contribution in [0.4, 0.5) is 0 Å². The first-order valence-electron chi connectivity index (χ1n) is 5.24. The van der Waals surface area contributed by atoms with Crippen LogP contribution in [-0.4, -0.2) is 0 Å². The number of thiophene rings is 1. The standard InChI is InChI=1S/C11H18Br2N2S/c1-11(2,3)5-4-8(15-14)7-6-9(12)16-10(7)13/h6,8,15H,4-5,14H2,1-3H3. The maximum atomic E-state index is 5.63. The second-order valence-electron chi connectivity index (χ2n) is 5.10. The fourth-order valence-corrected chi connectivity index (χ4v) is 4.47. The molecule has 0 radical (unpaired) electrons. The van der Waals surface area contributed by atoms with Gasteiger partial charge in [-0.25, -0.2) is 0 Å². The van der Waals surface area contributed by atoms with E-state index in [-0.39, 0.29) is 6.04 Å². The molecule has 0 spiro atoms. The number of hydrazine groups is 1. The minimum Gasteiger partial charge on any atom is -0.271 e. The molecule has 5 heteroatoms. The van der Waals surface area contributed by atoms with Crippen LogP contribution in [0.3, 0.4) is 0 Å². The zero-order valence-electron chi connectivity index (χ0n) is 9.81. The van der Waals surface area contributed by atoms with Gasteiger partial charge in [-0.3, -0.25) is 11.3 Å². The van der Waals surface area contributed by atoms with Crippen molar-refractivity contribution in [2.45, 2.75) is 39.7 Å². The SMILES string of the molecule is CC(C)(C)CCC(NN)c1cc(Br)sc1Br. The molecule has 0 saturated carbocycles. The van der Waals surface area contributed by atoms with Gasteiger partial charge < -0.3 is 0 Å². The first-order chi connectivity index (χ1) is 7.33. The quantitative estimate of drug-likeness (QED) is 0.601. The van der Waals surface area contributed by atoms with E-state index in [9.17, 15) is 0 Å². The molecule has 1 atom stereocenters. The summed E-state index contributed by atoms with van der Waals surface area (Å²) < 4.78 is 2.28. The van der Waals surface area contributed by atoms with Gasteiger partial charge in [-0.05, 0) is 61.7 Å². The molecule has 0 aromatic carbocycles. The average Bonchev–Trinajstić information content (AvgIpc) is 2.45. The first-order valence-corrected chi connectivity index (χ1v) is 7.64. The molecule has 0 amide bonds. The minimum atomic E-state index is 0.219. The van der Waals surface area contributed by atoms with Crippen LogP contribution in [0, 0.1) is 5.41 Å². The zero-order chi connectivity index (χ0) is 12.3. The van der Waals surface area contributed by atoms with E-state index < -0.39 is 0 Å². The van der Waals surface area contributed by atoms with E-state index in [1.54, 1.807) is 11.3 Å². The van der Waals surface area contributed by atoms with Crippen molar-refractivity contribution in [3.63, 3.8) is 0 Å². The van der Waals surface area contributed by atoms with Crippen molar-refractivity contribution in [3.8, 4) is 0 Å². The molecule has 0 fully saturated rings. The Labute approximate surface area is 118 Å². The van der Waals surface area contributed by atoms with Gasteiger partial charge >= 0.3 is 0 Å². The summed E-state index contributed by atoms with van der Waals surface area (Å²) in [5.41, 5.74) is 4.48. The number of hydrogen-bond acceptors (Lipinski definition) is 3. The van der Waals surface area contributed by atoms with Crippen molar-refractivity contribution in [1.82, 2.24) is 5.43 Å². The highest BCUT2D eigenvalue weighted by Crippen LogP contribution is 2.37. The van der Waals surface area contributed by atoms with E-state index in [0.717, 1.165) is 20.4 Å². The number of hydrogen-bond donors (Lipinski definition) is 2. The molecule has 0 aliphatic carbocycles. The predicted molar refractivity (Wildman–Crippen MR) is 78.5 cm³/mol. The molecule has 0 saturated heterocycles. The van der Waals surface area contributed by atoms with E-state index in [4.69, 9.17) is 5.84 Å². The lowest BCUT2D eigenvalue weighted by molar-refractivity contribution is 0.333. The molecule has 92 valence electrons. The van der Waals surface area contributed by atoms with Gasteiger partial charge in [0.25, 0.3) is 0 Å². The van der Waals surface area contributed by atoms with Gasteiger partial charge in [0.1, 0.15) is 0 Å². The fraction of sp³-hybridized carbons (Fsp3) is 0.636. The minimum absolute atomic E-state index is 0.219. The molecule has 0 aliphatic heterocycles. The monoisotopic (exact) mass is 368 g/mol. The molecule has 1 heterocycles. The van der Waals surface area contributed by atoms with Crippen LogP contribution in [0.5, 0.6) is 0 Å². The maximum absolute atomic E-state index is 5.63. The summed E-state index contributed by atoms with van der Waals surface area (Å²) in [6, 6.07) is 2.35. The molecule has 1 aromatic heterocycles. The van der Waals surface area contributed by atoms with Crippen LogP contribution >= 0.6 is 43.2 Å². The summed E-state index contributed by atoms with van der Waals surface area (Å²) in [5, 5.41) is 0. The molecule has 0 aliphatic rings. The van der Waals surface area contributed by atoms with Crippen molar-refractivity contribution in [1.29, 1.82) is 0 Å². The van der Waals surface area contributed by atoms with Gasteiger partial charge in [0.15, 0.2) is 0 Å². The van der Waals surface area contributed by atoms with Crippen molar-refractivity contribution in [3.05, 3.63) is 19.2 Å². The Morgan fingerprint density at radius 1 is 1.44 bits per heavy atom. The molecule has 2 nitrogen and oxygen atoms in total. The second-order valence-corrected chi connectivity index (χ2v) is 8.85. The normalized spacial score (nSPS) is 14.1.